The second-order valence-electron chi connectivity index (χ2n) is 4.84. The van der Waals surface area contributed by atoms with Crippen molar-refractivity contribution in [2.75, 3.05) is 24.7 Å². The number of thioether (sulfide) groups is 1. The molecule has 0 saturated carbocycles. The zero-order valence-electron chi connectivity index (χ0n) is 9.44. The molecule has 2 saturated heterocycles. The van der Waals surface area contributed by atoms with E-state index in [0.717, 1.165) is 17.9 Å². The Morgan fingerprint density at radius 3 is 2.80 bits per heavy atom. The van der Waals surface area contributed by atoms with Crippen LogP contribution in [0.2, 0.25) is 0 Å². The van der Waals surface area contributed by atoms with Crippen molar-refractivity contribution >= 4 is 11.8 Å². The van der Waals surface area contributed by atoms with Gasteiger partial charge in [0.25, 0.3) is 0 Å². The first-order valence-electron chi connectivity index (χ1n) is 5.63. The molecule has 0 aliphatic carbocycles. The minimum absolute atomic E-state index is 0.228. The molecular weight excluding hydrogens is 212 g/mol. The van der Waals surface area contributed by atoms with Gasteiger partial charge in [-0.3, -0.25) is 0 Å². The second kappa shape index (κ2) is 4.62. The first-order valence-corrected chi connectivity index (χ1v) is 6.78. The molecule has 3 atom stereocenters. The number of hydrogen-bond donors (Lipinski definition) is 1. The Labute approximate surface area is 95.5 Å². The van der Waals surface area contributed by atoms with E-state index in [1.54, 1.807) is 0 Å². The van der Waals surface area contributed by atoms with Crippen LogP contribution >= 0.6 is 11.8 Å². The SMILES string of the molecule is CC1(C)OCC(C2CSCC2CCO)O1. The average Bonchev–Trinajstić information content (AvgIpc) is 2.72. The van der Waals surface area contributed by atoms with Gasteiger partial charge >= 0.3 is 0 Å². The fourth-order valence-corrected chi connectivity index (χ4v) is 4.03. The van der Waals surface area contributed by atoms with Crippen molar-refractivity contribution in [2.24, 2.45) is 11.8 Å². The smallest absolute Gasteiger partial charge is 0.163 e. The molecule has 0 aromatic carbocycles. The van der Waals surface area contributed by atoms with Gasteiger partial charge in [-0.1, -0.05) is 0 Å². The van der Waals surface area contributed by atoms with Crippen LogP contribution in [0.5, 0.6) is 0 Å². The molecule has 88 valence electrons. The molecule has 15 heavy (non-hydrogen) atoms. The third-order valence-electron chi connectivity index (χ3n) is 3.26. The van der Waals surface area contributed by atoms with E-state index in [1.165, 1.54) is 0 Å². The zero-order valence-corrected chi connectivity index (χ0v) is 10.3. The molecule has 0 radical (unpaired) electrons. The normalized spacial score (nSPS) is 39.8. The van der Waals surface area contributed by atoms with Gasteiger partial charge in [0.2, 0.25) is 0 Å². The lowest BCUT2D eigenvalue weighted by atomic mass is 9.89. The van der Waals surface area contributed by atoms with Gasteiger partial charge in [0.1, 0.15) is 0 Å². The van der Waals surface area contributed by atoms with Gasteiger partial charge in [-0.25, -0.2) is 0 Å². The number of hydrogen-bond acceptors (Lipinski definition) is 4. The Hall–Kier alpha value is 0.230. The van der Waals surface area contributed by atoms with Crippen LogP contribution in [0.1, 0.15) is 20.3 Å². The third kappa shape index (κ3) is 2.67. The van der Waals surface area contributed by atoms with Gasteiger partial charge in [0.15, 0.2) is 5.79 Å². The van der Waals surface area contributed by atoms with E-state index in [1.807, 2.05) is 25.6 Å². The van der Waals surface area contributed by atoms with Crippen LogP contribution in [-0.2, 0) is 9.47 Å². The van der Waals surface area contributed by atoms with Crippen molar-refractivity contribution < 1.29 is 14.6 Å². The summed E-state index contributed by atoms with van der Waals surface area (Å²) in [6.45, 7) is 4.94. The maximum absolute atomic E-state index is 9.01. The molecule has 4 heteroatoms. The summed E-state index contributed by atoms with van der Waals surface area (Å²) in [5, 5.41) is 9.01. The molecule has 3 unspecified atom stereocenters. The number of aliphatic hydroxyl groups is 1. The summed E-state index contributed by atoms with van der Waals surface area (Å²) in [4.78, 5) is 0. The van der Waals surface area contributed by atoms with Gasteiger partial charge in [0.05, 0.1) is 12.7 Å². The Morgan fingerprint density at radius 1 is 1.40 bits per heavy atom. The molecule has 2 aliphatic rings. The maximum atomic E-state index is 9.01. The molecule has 2 rings (SSSR count). The highest BCUT2D eigenvalue weighted by Gasteiger charge is 2.42. The maximum Gasteiger partial charge on any atom is 0.163 e. The molecule has 1 N–H and O–H groups in total. The molecule has 0 amide bonds. The lowest BCUT2D eigenvalue weighted by Gasteiger charge is -2.24. The highest BCUT2D eigenvalue weighted by atomic mass is 32.2. The monoisotopic (exact) mass is 232 g/mol. The summed E-state index contributed by atoms with van der Waals surface area (Å²) >= 11 is 1.97. The summed E-state index contributed by atoms with van der Waals surface area (Å²) < 4.78 is 11.5. The van der Waals surface area contributed by atoms with Gasteiger partial charge in [-0.2, -0.15) is 11.8 Å². The molecule has 0 aromatic heterocycles. The largest absolute Gasteiger partial charge is 0.396 e. The third-order valence-corrected chi connectivity index (χ3v) is 4.54. The van der Waals surface area contributed by atoms with Crippen molar-refractivity contribution in [1.82, 2.24) is 0 Å². The van der Waals surface area contributed by atoms with Crippen molar-refractivity contribution in [3.05, 3.63) is 0 Å². The summed E-state index contributed by atoms with van der Waals surface area (Å²) in [7, 11) is 0. The fraction of sp³-hybridized carbons (Fsp3) is 1.00. The lowest BCUT2D eigenvalue weighted by Crippen LogP contribution is -2.31. The Balaban J connectivity index is 1.93. The zero-order chi connectivity index (χ0) is 10.9. The van der Waals surface area contributed by atoms with E-state index in [4.69, 9.17) is 14.6 Å². The second-order valence-corrected chi connectivity index (χ2v) is 5.92. The molecule has 0 spiro atoms. The Bertz CT molecular complexity index is 220. The first kappa shape index (κ1) is 11.7. The Kier molecular flexibility index (Phi) is 3.60. The van der Waals surface area contributed by atoms with Crippen molar-refractivity contribution in [2.45, 2.75) is 32.2 Å². The summed E-state index contributed by atoms with van der Waals surface area (Å²) in [6, 6.07) is 0. The van der Waals surface area contributed by atoms with Crippen molar-refractivity contribution in [1.29, 1.82) is 0 Å². The molecular formula is C11H20O3S. The van der Waals surface area contributed by atoms with Crippen LogP contribution in [0.4, 0.5) is 0 Å². The van der Waals surface area contributed by atoms with E-state index in [0.29, 0.717) is 25.0 Å². The van der Waals surface area contributed by atoms with E-state index in [9.17, 15) is 0 Å². The van der Waals surface area contributed by atoms with Crippen molar-refractivity contribution in [3.63, 3.8) is 0 Å². The average molecular weight is 232 g/mol. The van der Waals surface area contributed by atoms with E-state index < -0.39 is 5.79 Å². The fourth-order valence-electron chi connectivity index (χ4n) is 2.42. The minimum Gasteiger partial charge on any atom is -0.396 e. The quantitative estimate of drug-likeness (QED) is 0.800. The van der Waals surface area contributed by atoms with Gasteiger partial charge < -0.3 is 14.6 Å². The standard InChI is InChI=1S/C11H20O3S/c1-11(2)13-5-10(14-11)9-7-15-6-8(9)3-4-12/h8-10,12H,3-7H2,1-2H3. The van der Waals surface area contributed by atoms with Crippen LogP contribution in [0.15, 0.2) is 0 Å². The van der Waals surface area contributed by atoms with Crippen LogP contribution in [0.25, 0.3) is 0 Å². The molecule has 2 fully saturated rings. The van der Waals surface area contributed by atoms with E-state index >= 15 is 0 Å². The number of ether oxygens (including phenoxy) is 2. The van der Waals surface area contributed by atoms with Gasteiger partial charge in [0, 0.05) is 12.5 Å². The first-order chi connectivity index (χ1) is 7.12. The summed E-state index contributed by atoms with van der Waals surface area (Å²) in [5.41, 5.74) is 0. The van der Waals surface area contributed by atoms with Crippen LogP contribution in [0, 0.1) is 11.8 Å². The molecule has 2 heterocycles. The van der Waals surface area contributed by atoms with E-state index in [-0.39, 0.29) is 6.10 Å². The minimum atomic E-state index is -0.415. The number of rotatable bonds is 3. The lowest BCUT2D eigenvalue weighted by molar-refractivity contribution is -0.145. The molecule has 2 aliphatic heterocycles. The highest BCUT2D eigenvalue weighted by Crippen LogP contribution is 2.39. The molecule has 0 bridgehead atoms. The molecule has 3 nitrogen and oxygen atoms in total. The van der Waals surface area contributed by atoms with Crippen LogP contribution in [0.3, 0.4) is 0 Å². The Morgan fingerprint density at radius 2 is 2.20 bits per heavy atom. The summed E-state index contributed by atoms with van der Waals surface area (Å²) in [6.07, 6.45) is 1.13. The van der Waals surface area contributed by atoms with Crippen LogP contribution in [-0.4, -0.2) is 41.7 Å². The predicted molar refractivity (Wildman–Crippen MR) is 60.9 cm³/mol. The van der Waals surface area contributed by atoms with E-state index in [2.05, 4.69) is 0 Å². The van der Waals surface area contributed by atoms with Crippen molar-refractivity contribution in [3.8, 4) is 0 Å². The predicted octanol–water partition coefficient (Wildman–Crippen LogP) is 1.50. The molecule has 0 aromatic rings. The van der Waals surface area contributed by atoms with Gasteiger partial charge in [-0.15, -0.1) is 0 Å². The van der Waals surface area contributed by atoms with Crippen LogP contribution < -0.4 is 0 Å². The number of aliphatic hydroxyl groups excluding tert-OH is 1. The van der Waals surface area contributed by atoms with Gasteiger partial charge in [-0.05, 0) is 37.7 Å². The topological polar surface area (TPSA) is 38.7 Å². The summed E-state index contributed by atoms with van der Waals surface area (Å²) in [5.74, 6) is 3.05. The highest BCUT2D eigenvalue weighted by molar-refractivity contribution is 7.99.